The number of rotatable bonds is 6. The minimum Gasteiger partial charge on any atom is -0.465 e. The van der Waals surface area contributed by atoms with E-state index in [0.717, 1.165) is 17.5 Å². The molecule has 0 aliphatic carbocycles. The van der Waals surface area contributed by atoms with Gasteiger partial charge in [-0.3, -0.25) is 4.48 Å². The molecule has 0 radical (unpaired) electrons. The fraction of sp³-hybridized carbons (Fsp3) is 0.261. The number of sulfone groups is 1. The Balaban J connectivity index is 2.19. The molecule has 0 saturated heterocycles. The van der Waals surface area contributed by atoms with Gasteiger partial charge in [-0.05, 0) is 54.4 Å². The topological polar surface area (TPSA) is 73.6 Å². The van der Waals surface area contributed by atoms with Gasteiger partial charge < -0.3 is 9.15 Å². The summed E-state index contributed by atoms with van der Waals surface area (Å²) in [5, 5.41) is 0. The fourth-order valence-corrected chi connectivity index (χ4v) is 3.77. The van der Waals surface area contributed by atoms with Crippen molar-refractivity contribution in [3.05, 3.63) is 65.0 Å². The number of quaternary nitrogens is 1. The van der Waals surface area contributed by atoms with Crippen LogP contribution in [0, 0.1) is 0 Å². The molecule has 1 heterocycles. The average Bonchev–Trinajstić information content (AvgIpc) is 2.67. The van der Waals surface area contributed by atoms with E-state index in [-0.39, 0.29) is 10.8 Å². The van der Waals surface area contributed by atoms with Crippen molar-refractivity contribution in [2.45, 2.75) is 11.8 Å². The highest BCUT2D eigenvalue weighted by atomic mass is 32.2. The van der Waals surface area contributed by atoms with Gasteiger partial charge in [-0.2, -0.15) is 0 Å². The number of ether oxygens (including phenoxy) is 1. The number of nitrogens with zero attached hydrogens (tertiary/aromatic N) is 1. The molecule has 6 nitrogen and oxygen atoms in total. The van der Waals surface area contributed by atoms with E-state index >= 15 is 0 Å². The van der Waals surface area contributed by atoms with Gasteiger partial charge in [0, 0.05) is 17.9 Å². The van der Waals surface area contributed by atoms with Crippen molar-refractivity contribution >= 4 is 15.5 Å². The molecule has 0 fully saturated rings. The third-order valence-electron chi connectivity index (χ3n) is 4.74. The molecule has 0 amide bonds. The molecule has 2 aromatic carbocycles. The van der Waals surface area contributed by atoms with E-state index in [2.05, 4.69) is 21.1 Å². The summed E-state index contributed by atoms with van der Waals surface area (Å²) >= 11 is 0. The van der Waals surface area contributed by atoms with Gasteiger partial charge in [0.15, 0.2) is 9.84 Å². The Morgan fingerprint density at radius 3 is 2.00 bits per heavy atom. The maximum absolute atomic E-state index is 12.8. The molecule has 3 aromatic rings. The molecule has 0 atom stereocenters. The van der Waals surface area contributed by atoms with Crippen molar-refractivity contribution in [1.82, 2.24) is 4.48 Å². The standard InChI is InChI=1S/C23H26NO5S/c1-6-28-21-15-20(16-7-11-18(12-8-16)24(2,3)4)22(23(25)29-21)17-9-13-19(14-10-17)30(5,26)27/h7-15H,6H2,1-5H3/q+1. The number of benzene rings is 2. The SMILES string of the molecule is CCOc1cc(-c2ccc([N+](C)(C)C)cc2)c(-c2ccc(S(C)(=O)=O)cc2)c(=O)o1. The molecule has 0 aliphatic heterocycles. The summed E-state index contributed by atoms with van der Waals surface area (Å²) < 4.78 is 35.0. The number of hydrogen-bond acceptors (Lipinski definition) is 5. The largest absolute Gasteiger partial charge is 0.465 e. The van der Waals surface area contributed by atoms with Gasteiger partial charge in [-0.15, -0.1) is 0 Å². The van der Waals surface area contributed by atoms with Gasteiger partial charge >= 0.3 is 5.63 Å². The molecule has 0 unspecified atom stereocenters. The predicted molar refractivity (Wildman–Crippen MR) is 120 cm³/mol. The van der Waals surface area contributed by atoms with Crippen molar-refractivity contribution in [3.63, 3.8) is 0 Å². The molecule has 7 heteroatoms. The summed E-state index contributed by atoms with van der Waals surface area (Å²) in [7, 11) is 2.90. The third-order valence-corrected chi connectivity index (χ3v) is 5.87. The Morgan fingerprint density at radius 2 is 1.50 bits per heavy atom. The summed E-state index contributed by atoms with van der Waals surface area (Å²) in [5.74, 6) is 0.143. The van der Waals surface area contributed by atoms with Crippen LogP contribution in [0.4, 0.5) is 5.69 Å². The second-order valence-electron chi connectivity index (χ2n) is 7.93. The Labute approximate surface area is 176 Å². The second kappa shape index (κ2) is 8.08. The van der Waals surface area contributed by atoms with Crippen LogP contribution < -0.4 is 14.8 Å². The normalized spacial score (nSPS) is 12.0. The van der Waals surface area contributed by atoms with Gasteiger partial charge in [-0.25, -0.2) is 13.2 Å². The van der Waals surface area contributed by atoms with Gasteiger partial charge in [0.05, 0.1) is 38.2 Å². The van der Waals surface area contributed by atoms with Crippen LogP contribution in [0.1, 0.15) is 6.92 Å². The van der Waals surface area contributed by atoms with Crippen molar-refractivity contribution < 1.29 is 17.6 Å². The first-order valence-electron chi connectivity index (χ1n) is 9.54. The lowest BCUT2D eigenvalue weighted by Crippen LogP contribution is -2.34. The average molecular weight is 429 g/mol. The molecular formula is C23H26NO5S+. The van der Waals surface area contributed by atoms with E-state index in [1.807, 2.05) is 31.2 Å². The summed E-state index contributed by atoms with van der Waals surface area (Å²) in [4.78, 5) is 13.0. The minimum absolute atomic E-state index is 0.143. The zero-order chi connectivity index (χ0) is 22.1. The first kappa shape index (κ1) is 21.8. The fourth-order valence-electron chi connectivity index (χ4n) is 3.14. The Bertz CT molecular complexity index is 1200. The van der Waals surface area contributed by atoms with Crippen molar-refractivity contribution in [2.24, 2.45) is 0 Å². The first-order chi connectivity index (χ1) is 14.0. The third kappa shape index (κ3) is 4.63. The lowest BCUT2D eigenvalue weighted by Gasteiger charge is -2.23. The van der Waals surface area contributed by atoms with Gasteiger partial charge in [0.25, 0.3) is 5.95 Å². The van der Waals surface area contributed by atoms with E-state index in [1.165, 1.54) is 12.1 Å². The molecule has 0 saturated carbocycles. The summed E-state index contributed by atoms with van der Waals surface area (Å²) in [6.45, 7) is 2.18. The van der Waals surface area contributed by atoms with Crippen LogP contribution in [-0.4, -0.2) is 42.4 Å². The molecule has 30 heavy (non-hydrogen) atoms. The van der Waals surface area contributed by atoms with Crippen LogP contribution in [0.25, 0.3) is 22.3 Å². The molecule has 0 spiro atoms. The van der Waals surface area contributed by atoms with E-state index in [1.54, 1.807) is 18.2 Å². The van der Waals surface area contributed by atoms with E-state index < -0.39 is 15.5 Å². The van der Waals surface area contributed by atoms with Gasteiger partial charge in [-0.1, -0.05) is 12.1 Å². The maximum atomic E-state index is 12.8. The summed E-state index contributed by atoms with van der Waals surface area (Å²) in [5.41, 5.74) is 3.00. The first-order valence-corrected chi connectivity index (χ1v) is 11.4. The molecule has 1 aromatic heterocycles. The van der Waals surface area contributed by atoms with Crippen LogP contribution in [0.5, 0.6) is 5.95 Å². The smallest absolute Gasteiger partial charge is 0.347 e. The van der Waals surface area contributed by atoms with Crippen molar-refractivity contribution in [3.8, 4) is 28.2 Å². The predicted octanol–water partition coefficient (Wildman–Crippen LogP) is 3.97. The Hall–Kier alpha value is -2.90. The van der Waals surface area contributed by atoms with E-state index in [4.69, 9.17) is 9.15 Å². The highest BCUT2D eigenvalue weighted by molar-refractivity contribution is 7.90. The number of hydrogen-bond donors (Lipinski definition) is 0. The maximum Gasteiger partial charge on any atom is 0.347 e. The van der Waals surface area contributed by atoms with Crippen LogP contribution in [0.3, 0.4) is 0 Å². The second-order valence-corrected chi connectivity index (χ2v) is 9.95. The van der Waals surface area contributed by atoms with Crippen molar-refractivity contribution in [1.29, 1.82) is 0 Å². The quantitative estimate of drug-likeness (QED) is 0.556. The molecule has 3 rings (SSSR count). The monoisotopic (exact) mass is 428 g/mol. The lowest BCUT2D eigenvalue weighted by atomic mass is 9.96. The lowest BCUT2D eigenvalue weighted by molar-refractivity contribution is 0.244. The van der Waals surface area contributed by atoms with E-state index in [9.17, 15) is 13.2 Å². The highest BCUT2D eigenvalue weighted by Crippen LogP contribution is 2.34. The molecule has 0 aliphatic rings. The minimum atomic E-state index is -3.33. The van der Waals surface area contributed by atoms with Crippen LogP contribution in [-0.2, 0) is 9.84 Å². The van der Waals surface area contributed by atoms with Crippen LogP contribution >= 0.6 is 0 Å². The molecule has 0 N–H and O–H groups in total. The van der Waals surface area contributed by atoms with Gasteiger partial charge in [0.1, 0.15) is 5.69 Å². The zero-order valence-electron chi connectivity index (χ0n) is 17.8. The molecular weight excluding hydrogens is 402 g/mol. The Kier molecular flexibility index (Phi) is 5.87. The Morgan fingerprint density at radius 1 is 0.933 bits per heavy atom. The van der Waals surface area contributed by atoms with Gasteiger partial charge in [0.2, 0.25) is 0 Å². The summed E-state index contributed by atoms with van der Waals surface area (Å²) in [6.07, 6.45) is 1.15. The zero-order valence-corrected chi connectivity index (χ0v) is 18.6. The summed E-state index contributed by atoms with van der Waals surface area (Å²) in [6, 6.07) is 15.9. The molecule has 0 bridgehead atoms. The van der Waals surface area contributed by atoms with Crippen LogP contribution in [0.15, 0.2) is 68.7 Å². The van der Waals surface area contributed by atoms with Crippen LogP contribution in [0.2, 0.25) is 0 Å². The highest BCUT2D eigenvalue weighted by Gasteiger charge is 2.19. The molecule has 158 valence electrons. The van der Waals surface area contributed by atoms with Crippen molar-refractivity contribution in [2.75, 3.05) is 34.0 Å². The van der Waals surface area contributed by atoms with E-state index in [0.29, 0.717) is 27.8 Å².